The van der Waals surface area contributed by atoms with Gasteiger partial charge in [-0.3, -0.25) is 9.69 Å². The Bertz CT molecular complexity index is 440. The van der Waals surface area contributed by atoms with Crippen molar-refractivity contribution in [3.63, 3.8) is 0 Å². The minimum Gasteiger partial charge on any atom is -0.399 e. The summed E-state index contributed by atoms with van der Waals surface area (Å²) >= 11 is 0. The first-order chi connectivity index (χ1) is 9.79. The van der Waals surface area contributed by atoms with E-state index in [9.17, 15) is 4.79 Å². The molecule has 0 aromatic heterocycles. The summed E-state index contributed by atoms with van der Waals surface area (Å²) in [6, 6.07) is 8.33. The van der Waals surface area contributed by atoms with Gasteiger partial charge in [0.15, 0.2) is 0 Å². The molecule has 4 heteroatoms. The first-order valence-corrected chi connectivity index (χ1v) is 7.67. The summed E-state index contributed by atoms with van der Waals surface area (Å²) in [5.74, 6) is 0.527. The molecule has 0 fully saturated rings. The molecule has 21 heavy (non-hydrogen) atoms. The van der Waals surface area contributed by atoms with Crippen LogP contribution >= 0.6 is 0 Å². The number of nitrogens with zero attached hydrogens (tertiary/aromatic N) is 1. The second kappa shape index (κ2) is 8.03. The second-order valence-electron chi connectivity index (χ2n) is 6.34. The molecule has 0 aliphatic rings. The van der Waals surface area contributed by atoms with E-state index in [0.717, 1.165) is 12.2 Å². The zero-order valence-electron chi connectivity index (χ0n) is 13.9. The normalized spacial score (nSPS) is 13.0. The summed E-state index contributed by atoms with van der Waals surface area (Å²) in [6.45, 7) is 11.6. The van der Waals surface area contributed by atoms with Gasteiger partial charge in [0.25, 0.3) is 0 Å². The molecule has 0 heterocycles. The van der Waals surface area contributed by atoms with E-state index in [4.69, 9.17) is 5.73 Å². The second-order valence-corrected chi connectivity index (χ2v) is 6.34. The molecule has 1 rings (SSSR count). The smallest absolute Gasteiger partial charge is 0.234 e. The molecule has 1 aromatic carbocycles. The lowest BCUT2D eigenvalue weighted by atomic mass is 10.1. The molecule has 4 nitrogen and oxygen atoms in total. The number of nitrogen functional groups attached to an aromatic ring is 1. The van der Waals surface area contributed by atoms with Crippen LogP contribution in [0.1, 0.15) is 40.2 Å². The van der Waals surface area contributed by atoms with Gasteiger partial charge >= 0.3 is 0 Å². The van der Waals surface area contributed by atoms with Gasteiger partial charge in [-0.05, 0) is 44.4 Å². The van der Waals surface area contributed by atoms with Crippen molar-refractivity contribution in [2.24, 2.45) is 5.92 Å². The van der Waals surface area contributed by atoms with Crippen LogP contribution in [0.15, 0.2) is 24.3 Å². The van der Waals surface area contributed by atoms with E-state index in [1.807, 2.05) is 31.2 Å². The largest absolute Gasteiger partial charge is 0.399 e. The van der Waals surface area contributed by atoms with Gasteiger partial charge < -0.3 is 11.1 Å². The van der Waals surface area contributed by atoms with Gasteiger partial charge in [0.05, 0.1) is 6.54 Å². The molecule has 1 atom stereocenters. The fraction of sp³-hybridized carbons (Fsp3) is 0.588. The Hall–Kier alpha value is -1.55. The third-order valence-electron chi connectivity index (χ3n) is 3.83. The van der Waals surface area contributed by atoms with Crippen molar-refractivity contribution in [1.82, 2.24) is 10.2 Å². The molecule has 0 radical (unpaired) electrons. The zero-order chi connectivity index (χ0) is 16.0. The molecular weight excluding hydrogens is 262 g/mol. The van der Waals surface area contributed by atoms with Gasteiger partial charge in [0, 0.05) is 24.3 Å². The van der Waals surface area contributed by atoms with Crippen molar-refractivity contribution in [2.75, 3.05) is 12.3 Å². The van der Waals surface area contributed by atoms with Gasteiger partial charge in [-0.25, -0.2) is 0 Å². The van der Waals surface area contributed by atoms with Crippen LogP contribution in [0, 0.1) is 5.92 Å². The lowest BCUT2D eigenvalue weighted by Gasteiger charge is -2.27. The molecule has 0 saturated heterocycles. The Balaban J connectivity index is 2.61. The number of benzene rings is 1. The van der Waals surface area contributed by atoms with Crippen LogP contribution < -0.4 is 11.1 Å². The zero-order valence-corrected chi connectivity index (χ0v) is 13.9. The standard InChI is InChI=1S/C17H29N3O/c1-12(2)14(5)19-17(21)11-20(13(3)4)10-15-6-8-16(18)9-7-15/h6-9,12-14H,10-11,18H2,1-5H3,(H,19,21). The van der Waals surface area contributed by atoms with Crippen molar-refractivity contribution >= 4 is 11.6 Å². The van der Waals surface area contributed by atoms with E-state index in [1.54, 1.807) is 0 Å². The van der Waals surface area contributed by atoms with Gasteiger partial charge in [-0.15, -0.1) is 0 Å². The lowest BCUT2D eigenvalue weighted by Crippen LogP contribution is -2.44. The first-order valence-electron chi connectivity index (χ1n) is 7.67. The predicted molar refractivity (Wildman–Crippen MR) is 88.8 cm³/mol. The van der Waals surface area contributed by atoms with Crippen LogP contribution in [-0.2, 0) is 11.3 Å². The SMILES string of the molecule is CC(C)C(C)NC(=O)CN(Cc1ccc(N)cc1)C(C)C. The summed E-state index contributed by atoms with van der Waals surface area (Å²) in [6.07, 6.45) is 0. The quantitative estimate of drug-likeness (QED) is 0.759. The van der Waals surface area contributed by atoms with Crippen LogP contribution in [-0.4, -0.2) is 29.4 Å². The number of hydrogen-bond donors (Lipinski definition) is 2. The van der Waals surface area contributed by atoms with E-state index >= 15 is 0 Å². The monoisotopic (exact) mass is 291 g/mol. The van der Waals surface area contributed by atoms with E-state index in [1.165, 1.54) is 5.56 Å². The lowest BCUT2D eigenvalue weighted by molar-refractivity contribution is -0.123. The highest BCUT2D eigenvalue weighted by molar-refractivity contribution is 5.78. The minimum atomic E-state index is 0.0837. The van der Waals surface area contributed by atoms with E-state index < -0.39 is 0 Å². The van der Waals surface area contributed by atoms with Crippen LogP contribution in [0.25, 0.3) is 0 Å². The number of anilines is 1. The number of carbonyl (C=O) groups is 1. The summed E-state index contributed by atoms with van der Waals surface area (Å²) in [5.41, 5.74) is 7.63. The maximum Gasteiger partial charge on any atom is 0.234 e. The minimum absolute atomic E-state index is 0.0837. The number of carbonyl (C=O) groups excluding carboxylic acids is 1. The molecule has 1 unspecified atom stereocenters. The summed E-state index contributed by atoms with van der Waals surface area (Å²) in [5, 5.41) is 3.06. The molecule has 0 spiro atoms. The number of nitrogens with one attached hydrogen (secondary N) is 1. The molecule has 3 N–H and O–H groups in total. The van der Waals surface area contributed by atoms with Crippen LogP contribution in [0.4, 0.5) is 5.69 Å². The van der Waals surface area contributed by atoms with Crippen molar-refractivity contribution in [3.8, 4) is 0 Å². The van der Waals surface area contributed by atoms with Crippen LogP contribution in [0.3, 0.4) is 0 Å². The predicted octanol–water partition coefficient (Wildman–Crippen LogP) is 2.64. The molecule has 118 valence electrons. The molecule has 0 aliphatic carbocycles. The molecule has 1 aromatic rings. The Morgan fingerprint density at radius 1 is 1.14 bits per heavy atom. The third kappa shape index (κ3) is 6.17. The van der Waals surface area contributed by atoms with Gasteiger partial charge in [0.1, 0.15) is 0 Å². The molecule has 0 saturated carbocycles. The van der Waals surface area contributed by atoms with E-state index in [-0.39, 0.29) is 11.9 Å². The maximum absolute atomic E-state index is 12.1. The van der Waals surface area contributed by atoms with E-state index in [2.05, 4.69) is 37.9 Å². The Kier molecular flexibility index (Phi) is 6.69. The number of rotatable bonds is 7. The highest BCUT2D eigenvalue weighted by Crippen LogP contribution is 2.11. The Morgan fingerprint density at radius 3 is 2.19 bits per heavy atom. The highest BCUT2D eigenvalue weighted by Gasteiger charge is 2.17. The van der Waals surface area contributed by atoms with Crippen LogP contribution in [0.5, 0.6) is 0 Å². The van der Waals surface area contributed by atoms with E-state index in [0.29, 0.717) is 18.5 Å². The number of hydrogen-bond acceptors (Lipinski definition) is 3. The van der Waals surface area contributed by atoms with Crippen molar-refractivity contribution in [3.05, 3.63) is 29.8 Å². The average molecular weight is 291 g/mol. The summed E-state index contributed by atoms with van der Waals surface area (Å²) < 4.78 is 0. The molecule has 0 aliphatic heterocycles. The molecule has 1 amide bonds. The maximum atomic E-state index is 12.1. The third-order valence-corrected chi connectivity index (χ3v) is 3.83. The highest BCUT2D eigenvalue weighted by atomic mass is 16.2. The Morgan fingerprint density at radius 2 is 1.71 bits per heavy atom. The fourth-order valence-electron chi connectivity index (χ4n) is 1.93. The van der Waals surface area contributed by atoms with Gasteiger partial charge in [0.2, 0.25) is 5.91 Å². The van der Waals surface area contributed by atoms with Crippen LogP contribution in [0.2, 0.25) is 0 Å². The summed E-state index contributed by atoms with van der Waals surface area (Å²) in [4.78, 5) is 14.3. The molecule has 0 bridgehead atoms. The van der Waals surface area contributed by atoms with Crippen molar-refractivity contribution in [1.29, 1.82) is 0 Å². The van der Waals surface area contributed by atoms with Gasteiger partial charge in [-0.2, -0.15) is 0 Å². The number of nitrogens with two attached hydrogens (primary N) is 1. The van der Waals surface area contributed by atoms with Gasteiger partial charge in [-0.1, -0.05) is 26.0 Å². The number of amides is 1. The summed E-state index contributed by atoms with van der Waals surface area (Å²) in [7, 11) is 0. The first kappa shape index (κ1) is 17.5. The Labute approximate surface area is 128 Å². The van der Waals surface area contributed by atoms with Crippen molar-refractivity contribution in [2.45, 2.75) is 53.2 Å². The fourth-order valence-corrected chi connectivity index (χ4v) is 1.93. The van der Waals surface area contributed by atoms with Crippen molar-refractivity contribution < 1.29 is 4.79 Å². The topological polar surface area (TPSA) is 58.4 Å². The molecular formula is C17H29N3O. The average Bonchev–Trinajstić information content (AvgIpc) is 2.40.